The highest BCUT2D eigenvalue weighted by atomic mass is 16.5. The first kappa shape index (κ1) is 9.22. The summed E-state index contributed by atoms with van der Waals surface area (Å²) in [6.45, 7) is 1.11. The molecule has 0 aliphatic heterocycles. The number of oxazole rings is 1. The number of aromatic nitrogens is 1. The molecular weight excluding hydrogens is 156 g/mol. The normalized spacial score (nSPS) is 10.5. The molecule has 12 heavy (non-hydrogen) atoms. The van der Waals surface area contributed by atoms with Gasteiger partial charge in [0, 0.05) is 20.1 Å². The highest BCUT2D eigenvalue weighted by molar-refractivity contribution is 4.93. The van der Waals surface area contributed by atoms with E-state index in [1.807, 2.05) is 0 Å². The Bertz CT molecular complexity index is 223. The van der Waals surface area contributed by atoms with Crippen molar-refractivity contribution in [3.63, 3.8) is 0 Å². The molecule has 1 heterocycles. The van der Waals surface area contributed by atoms with E-state index >= 15 is 0 Å². The van der Waals surface area contributed by atoms with Gasteiger partial charge in [0.15, 0.2) is 0 Å². The summed E-state index contributed by atoms with van der Waals surface area (Å²) >= 11 is 0. The van der Waals surface area contributed by atoms with Gasteiger partial charge in [-0.1, -0.05) is 0 Å². The second-order valence-corrected chi connectivity index (χ2v) is 2.52. The molecule has 0 amide bonds. The van der Waals surface area contributed by atoms with E-state index in [9.17, 15) is 0 Å². The molecule has 0 atom stereocenters. The molecule has 0 radical (unpaired) electrons. The van der Waals surface area contributed by atoms with E-state index in [0.29, 0.717) is 12.4 Å². The molecule has 0 bridgehead atoms. The Labute approximate surface area is 71.7 Å². The summed E-state index contributed by atoms with van der Waals surface area (Å²) in [6.07, 6.45) is 3.54. The van der Waals surface area contributed by atoms with Crippen LogP contribution >= 0.6 is 0 Å². The van der Waals surface area contributed by atoms with Gasteiger partial charge in [-0.2, -0.15) is 0 Å². The molecule has 4 heteroatoms. The minimum atomic E-state index is 0.365. The SMILES string of the molecule is COCCCc1cnc(CN)o1. The lowest BCUT2D eigenvalue weighted by atomic mass is 10.3. The highest BCUT2D eigenvalue weighted by Crippen LogP contribution is 2.05. The number of rotatable bonds is 5. The molecule has 0 aliphatic rings. The summed E-state index contributed by atoms with van der Waals surface area (Å²) in [7, 11) is 1.69. The topological polar surface area (TPSA) is 61.3 Å². The summed E-state index contributed by atoms with van der Waals surface area (Å²) in [5.74, 6) is 1.48. The maximum absolute atomic E-state index is 5.34. The average molecular weight is 170 g/mol. The molecule has 0 fully saturated rings. The average Bonchev–Trinajstić information content (AvgIpc) is 2.53. The van der Waals surface area contributed by atoms with Crippen LogP contribution in [-0.4, -0.2) is 18.7 Å². The molecular formula is C8H14N2O2. The first-order valence-corrected chi connectivity index (χ1v) is 3.99. The smallest absolute Gasteiger partial charge is 0.208 e. The minimum absolute atomic E-state index is 0.365. The standard InChI is InChI=1S/C8H14N2O2/c1-11-4-2-3-7-6-10-8(5-9)12-7/h6H,2-5,9H2,1H3. The second kappa shape index (κ2) is 4.90. The molecule has 2 N–H and O–H groups in total. The van der Waals surface area contributed by atoms with Crippen LogP contribution in [0.4, 0.5) is 0 Å². The van der Waals surface area contributed by atoms with Crippen molar-refractivity contribution in [2.75, 3.05) is 13.7 Å². The first-order chi connectivity index (χ1) is 5.86. The number of hydrogen-bond acceptors (Lipinski definition) is 4. The third-order valence-corrected chi connectivity index (χ3v) is 1.55. The number of nitrogens with two attached hydrogens (primary N) is 1. The zero-order chi connectivity index (χ0) is 8.81. The summed E-state index contributed by atoms with van der Waals surface area (Å²) < 4.78 is 10.2. The van der Waals surface area contributed by atoms with Crippen molar-refractivity contribution in [3.8, 4) is 0 Å². The Morgan fingerprint density at radius 3 is 3.08 bits per heavy atom. The molecule has 4 nitrogen and oxygen atoms in total. The molecule has 1 aromatic rings. The molecule has 1 aromatic heterocycles. The Hall–Kier alpha value is -0.870. The largest absolute Gasteiger partial charge is 0.444 e. The van der Waals surface area contributed by atoms with Crippen LogP contribution in [0.1, 0.15) is 18.1 Å². The van der Waals surface area contributed by atoms with Gasteiger partial charge in [-0.3, -0.25) is 0 Å². The van der Waals surface area contributed by atoms with Gasteiger partial charge in [0.05, 0.1) is 12.7 Å². The Morgan fingerprint density at radius 2 is 2.50 bits per heavy atom. The second-order valence-electron chi connectivity index (χ2n) is 2.52. The maximum atomic E-state index is 5.34. The Kier molecular flexibility index (Phi) is 3.76. The third kappa shape index (κ3) is 2.64. The van der Waals surface area contributed by atoms with E-state index < -0.39 is 0 Å². The Morgan fingerprint density at radius 1 is 1.67 bits per heavy atom. The lowest BCUT2D eigenvalue weighted by molar-refractivity contribution is 0.193. The summed E-state index contributed by atoms with van der Waals surface area (Å²) in [5.41, 5.74) is 5.34. The summed E-state index contributed by atoms with van der Waals surface area (Å²) in [5, 5.41) is 0. The van der Waals surface area contributed by atoms with Crippen LogP contribution < -0.4 is 5.73 Å². The van der Waals surface area contributed by atoms with Crippen LogP contribution in [0.5, 0.6) is 0 Å². The van der Waals surface area contributed by atoms with Crippen molar-refractivity contribution >= 4 is 0 Å². The summed E-state index contributed by atoms with van der Waals surface area (Å²) in [4.78, 5) is 3.98. The quantitative estimate of drug-likeness (QED) is 0.661. The number of ether oxygens (including phenoxy) is 1. The molecule has 1 rings (SSSR count). The number of aryl methyl sites for hydroxylation is 1. The molecule has 0 aliphatic carbocycles. The molecule has 0 aromatic carbocycles. The first-order valence-electron chi connectivity index (χ1n) is 3.99. The van der Waals surface area contributed by atoms with Crippen LogP contribution in [-0.2, 0) is 17.7 Å². The lowest BCUT2D eigenvalue weighted by Gasteiger charge is -1.94. The zero-order valence-corrected chi connectivity index (χ0v) is 7.25. The van der Waals surface area contributed by atoms with Crippen molar-refractivity contribution in [3.05, 3.63) is 17.8 Å². The summed E-state index contributed by atoms with van der Waals surface area (Å²) in [6, 6.07) is 0. The van der Waals surface area contributed by atoms with E-state index in [4.69, 9.17) is 14.9 Å². The fourth-order valence-electron chi connectivity index (χ4n) is 0.949. The number of methoxy groups -OCH3 is 1. The fourth-order valence-corrected chi connectivity index (χ4v) is 0.949. The van der Waals surface area contributed by atoms with Gasteiger partial charge >= 0.3 is 0 Å². The van der Waals surface area contributed by atoms with Crippen molar-refractivity contribution in [2.45, 2.75) is 19.4 Å². The molecule has 0 unspecified atom stereocenters. The number of nitrogens with zero attached hydrogens (tertiary/aromatic N) is 1. The van der Waals surface area contributed by atoms with E-state index in [0.717, 1.165) is 25.2 Å². The van der Waals surface area contributed by atoms with Gasteiger partial charge in [-0.25, -0.2) is 4.98 Å². The van der Waals surface area contributed by atoms with Crippen LogP contribution in [0.15, 0.2) is 10.6 Å². The predicted molar refractivity (Wildman–Crippen MR) is 44.6 cm³/mol. The fraction of sp³-hybridized carbons (Fsp3) is 0.625. The van der Waals surface area contributed by atoms with Crippen molar-refractivity contribution < 1.29 is 9.15 Å². The van der Waals surface area contributed by atoms with Gasteiger partial charge in [0.1, 0.15) is 5.76 Å². The number of hydrogen-bond donors (Lipinski definition) is 1. The molecule has 0 spiro atoms. The van der Waals surface area contributed by atoms with E-state index in [1.54, 1.807) is 13.3 Å². The lowest BCUT2D eigenvalue weighted by Crippen LogP contribution is -1.95. The van der Waals surface area contributed by atoms with Gasteiger partial charge in [-0.15, -0.1) is 0 Å². The highest BCUT2D eigenvalue weighted by Gasteiger charge is 2.00. The van der Waals surface area contributed by atoms with Crippen LogP contribution in [0.25, 0.3) is 0 Å². The minimum Gasteiger partial charge on any atom is -0.444 e. The third-order valence-electron chi connectivity index (χ3n) is 1.55. The zero-order valence-electron chi connectivity index (χ0n) is 7.25. The Balaban J connectivity index is 2.31. The molecule has 68 valence electrons. The van der Waals surface area contributed by atoms with E-state index in [1.165, 1.54) is 0 Å². The van der Waals surface area contributed by atoms with Gasteiger partial charge in [0.2, 0.25) is 5.89 Å². The molecule has 0 saturated carbocycles. The van der Waals surface area contributed by atoms with Crippen LogP contribution in [0, 0.1) is 0 Å². The van der Waals surface area contributed by atoms with Gasteiger partial charge in [-0.05, 0) is 6.42 Å². The van der Waals surface area contributed by atoms with Crippen LogP contribution in [0.3, 0.4) is 0 Å². The van der Waals surface area contributed by atoms with Gasteiger partial charge in [0.25, 0.3) is 0 Å². The van der Waals surface area contributed by atoms with Crippen molar-refractivity contribution in [1.82, 2.24) is 4.98 Å². The van der Waals surface area contributed by atoms with E-state index in [-0.39, 0.29) is 0 Å². The van der Waals surface area contributed by atoms with Gasteiger partial charge < -0.3 is 14.9 Å². The van der Waals surface area contributed by atoms with Crippen LogP contribution in [0.2, 0.25) is 0 Å². The van der Waals surface area contributed by atoms with E-state index in [2.05, 4.69) is 4.98 Å². The monoisotopic (exact) mass is 170 g/mol. The van der Waals surface area contributed by atoms with Crippen molar-refractivity contribution in [1.29, 1.82) is 0 Å². The maximum Gasteiger partial charge on any atom is 0.208 e. The predicted octanol–water partition coefficient (Wildman–Crippen LogP) is 0.712. The van der Waals surface area contributed by atoms with Crippen molar-refractivity contribution in [2.24, 2.45) is 5.73 Å². The molecule has 0 saturated heterocycles.